The third kappa shape index (κ3) is 3.61. The van der Waals surface area contributed by atoms with Crippen molar-refractivity contribution in [2.75, 3.05) is 4.72 Å². The van der Waals surface area contributed by atoms with Crippen LogP contribution in [-0.2, 0) is 16.2 Å². The van der Waals surface area contributed by atoms with Gasteiger partial charge in [-0.1, -0.05) is 23.2 Å². The molecule has 2 N–H and O–H groups in total. The largest absolute Gasteiger partial charge is 0.449 e. The molecule has 5 nitrogen and oxygen atoms in total. The van der Waals surface area contributed by atoms with Gasteiger partial charge in [-0.3, -0.25) is 4.72 Å². The number of hydrogen-bond donors (Lipinski definition) is 2. The van der Waals surface area contributed by atoms with E-state index in [1.54, 1.807) is 0 Å². The van der Waals surface area contributed by atoms with E-state index in [1.165, 1.54) is 18.2 Å². The van der Waals surface area contributed by atoms with Crippen molar-refractivity contribution in [3.63, 3.8) is 0 Å². The monoisotopic (exact) mass is 493 g/mol. The van der Waals surface area contributed by atoms with Crippen LogP contribution in [0.2, 0.25) is 8.67 Å². The van der Waals surface area contributed by atoms with Crippen LogP contribution in [0.1, 0.15) is 5.82 Å². The molecule has 2 aromatic heterocycles. The second-order valence-corrected chi connectivity index (χ2v) is 9.35. The average molecular weight is 495 g/mol. The zero-order chi connectivity index (χ0) is 18.6. The summed E-state index contributed by atoms with van der Waals surface area (Å²) in [7, 11) is -4.10. The van der Waals surface area contributed by atoms with Gasteiger partial charge in [0.05, 0.1) is 21.2 Å². The number of thiophene rings is 1. The summed E-state index contributed by atoms with van der Waals surface area (Å²) in [6.45, 7) is 0. The highest BCUT2D eigenvalue weighted by molar-refractivity contribution is 9.10. The number of aromatic nitrogens is 2. The van der Waals surface area contributed by atoms with Crippen molar-refractivity contribution in [1.82, 2.24) is 9.97 Å². The molecule has 0 radical (unpaired) electrons. The number of fused-ring (bicyclic) bond motifs is 1. The molecule has 0 saturated carbocycles. The molecule has 2 heterocycles. The number of imidazole rings is 1. The van der Waals surface area contributed by atoms with Crippen molar-refractivity contribution >= 4 is 77.2 Å². The van der Waals surface area contributed by atoms with Crippen molar-refractivity contribution in [1.29, 1.82) is 0 Å². The maximum atomic E-state index is 12.7. The quantitative estimate of drug-likeness (QED) is 0.503. The molecule has 0 fully saturated rings. The molecule has 0 saturated heterocycles. The minimum atomic E-state index is -4.63. The number of halogens is 6. The molecule has 0 aliphatic heterocycles. The lowest BCUT2D eigenvalue weighted by Crippen LogP contribution is -2.13. The van der Waals surface area contributed by atoms with Gasteiger partial charge in [-0.05, 0) is 34.1 Å². The van der Waals surface area contributed by atoms with Gasteiger partial charge >= 0.3 is 6.18 Å². The predicted octanol–water partition coefficient (Wildman–Crippen LogP) is 5.51. The normalized spacial score (nSPS) is 12.7. The Morgan fingerprint density at radius 1 is 1.24 bits per heavy atom. The molecule has 25 heavy (non-hydrogen) atoms. The van der Waals surface area contributed by atoms with E-state index in [-0.39, 0.29) is 34.8 Å². The Kier molecular flexibility index (Phi) is 4.73. The lowest BCUT2D eigenvalue weighted by atomic mass is 10.3. The highest BCUT2D eigenvalue weighted by atomic mass is 79.9. The molecular formula is C12H5BrCl2F3N3O2S2. The first kappa shape index (κ1) is 18.8. The summed E-state index contributed by atoms with van der Waals surface area (Å²) in [6, 6.07) is 3.75. The summed E-state index contributed by atoms with van der Waals surface area (Å²) in [5.41, 5.74) is 0.115. The van der Waals surface area contributed by atoms with E-state index in [0.29, 0.717) is 0 Å². The van der Waals surface area contributed by atoms with Crippen LogP contribution in [-0.4, -0.2) is 18.4 Å². The summed E-state index contributed by atoms with van der Waals surface area (Å²) < 4.78 is 65.4. The van der Waals surface area contributed by atoms with E-state index in [0.717, 1.165) is 11.3 Å². The standard InChI is InChI=1S/C12H5BrCl2F3N3O2S2/c13-7-8(10(15)24-9(7)14)25(22,23)21-4-1-2-5-6(3-4)20-11(19-5)12(16,17)18/h1-3,21H,(H,19,20). The van der Waals surface area contributed by atoms with Crippen molar-refractivity contribution in [3.8, 4) is 0 Å². The zero-order valence-electron chi connectivity index (χ0n) is 11.6. The third-order valence-corrected chi connectivity index (χ3v) is 7.85. The summed E-state index contributed by atoms with van der Waals surface area (Å²) in [5.74, 6) is -1.17. The Morgan fingerprint density at radius 3 is 2.48 bits per heavy atom. The molecule has 0 atom stereocenters. The first-order valence-electron chi connectivity index (χ1n) is 6.22. The molecule has 0 amide bonds. The maximum absolute atomic E-state index is 12.7. The molecule has 0 bridgehead atoms. The molecule has 13 heteroatoms. The van der Waals surface area contributed by atoms with E-state index in [2.05, 4.69) is 30.6 Å². The third-order valence-electron chi connectivity index (χ3n) is 3.00. The molecule has 0 aliphatic carbocycles. The molecule has 1 aromatic carbocycles. The number of anilines is 1. The van der Waals surface area contributed by atoms with Crippen LogP contribution in [0.15, 0.2) is 27.6 Å². The molecule has 3 rings (SSSR count). The van der Waals surface area contributed by atoms with E-state index in [4.69, 9.17) is 23.2 Å². The van der Waals surface area contributed by atoms with Gasteiger partial charge in [-0.2, -0.15) is 13.2 Å². The topological polar surface area (TPSA) is 74.8 Å². The number of hydrogen-bond acceptors (Lipinski definition) is 4. The average Bonchev–Trinajstić information content (AvgIpc) is 2.99. The zero-order valence-corrected chi connectivity index (χ0v) is 16.3. The fraction of sp³-hybridized carbons (Fsp3) is 0.0833. The van der Waals surface area contributed by atoms with Crippen LogP contribution in [0.3, 0.4) is 0 Å². The fourth-order valence-corrected chi connectivity index (χ4v) is 6.59. The highest BCUT2D eigenvalue weighted by Crippen LogP contribution is 2.43. The Balaban J connectivity index is 2.00. The summed E-state index contributed by atoms with van der Waals surface area (Å²) in [4.78, 5) is 5.27. The first-order chi connectivity index (χ1) is 11.5. The SMILES string of the molecule is O=S(=O)(Nc1ccc2nc(C(F)(F)F)[nH]c2c1)c1c(Cl)sc(Cl)c1Br. The van der Waals surface area contributed by atoms with Crippen LogP contribution < -0.4 is 4.72 Å². The first-order valence-corrected chi connectivity index (χ1v) is 10.1. The number of alkyl halides is 3. The maximum Gasteiger partial charge on any atom is 0.449 e. The van der Waals surface area contributed by atoms with Gasteiger partial charge in [0.2, 0.25) is 5.82 Å². The predicted molar refractivity (Wildman–Crippen MR) is 93.9 cm³/mol. The number of nitrogens with zero attached hydrogens (tertiary/aromatic N) is 1. The number of nitrogens with one attached hydrogen (secondary N) is 2. The second-order valence-electron chi connectivity index (χ2n) is 4.71. The van der Waals surface area contributed by atoms with Crippen molar-refractivity contribution in [3.05, 3.63) is 37.2 Å². The molecule has 134 valence electrons. The molecule has 3 aromatic rings. The number of rotatable bonds is 3. The molecule has 0 aliphatic rings. The van der Waals surface area contributed by atoms with E-state index in [1.807, 2.05) is 0 Å². The van der Waals surface area contributed by atoms with Crippen LogP contribution in [0.4, 0.5) is 18.9 Å². The van der Waals surface area contributed by atoms with Gasteiger partial charge in [0.15, 0.2) is 0 Å². The van der Waals surface area contributed by atoms with Crippen LogP contribution >= 0.6 is 50.5 Å². The van der Waals surface area contributed by atoms with Crippen molar-refractivity contribution in [2.24, 2.45) is 0 Å². The van der Waals surface area contributed by atoms with Crippen LogP contribution in [0.5, 0.6) is 0 Å². The Bertz CT molecular complexity index is 1080. The molecular weight excluding hydrogens is 490 g/mol. The lowest BCUT2D eigenvalue weighted by molar-refractivity contribution is -0.144. The number of H-pyrrole nitrogens is 1. The molecule has 0 spiro atoms. The summed E-state index contributed by atoms with van der Waals surface area (Å²) in [5, 5.41) is 0. The summed E-state index contributed by atoms with van der Waals surface area (Å²) >= 11 is 15.7. The number of sulfonamides is 1. The van der Waals surface area contributed by atoms with E-state index < -0.39 is 22.0 Å². The number of benzene rings is 1. The minimum Gasteiger partial charge on any atom is -0.334 e. The minimum absolute atomic E-state index is 0.0287. The Hall–Kier alpha value is -1.01. The van der Waals surface area contributed by atoms with Gasteiger partial charge < -0.3 is 4.98 Å². The smallest absolute Gasteiger partial charge is 0.334 e. The Labute approximate surface area is 161 Å². The number of aromatic amines is 1. The van der Waals surface area contributed by atoms with E-state index in [9.17, 15) is 21.6 Å². The van der Waals surface area contributed by atoms with Gasteiger partial charge in [0.25, 0.3) is 10.0 Å². The van der Waals surface area contributed by atoms with E-state index >= 15 is 0 Å². The highest BCUT2D eigenvalue weighted by Gasteiger charge is 2.34. The second kappa shape index (κ2) is 6.31. The van der Waals surface area contributed by atoms with Crippen LogP contribution in [0, 0.1) is 0 Å². The van der Waals surface area contributed by atoms with Crippen LogP contribution in [0.25, 0.3) is 11.0 Å². The lowest BCUT2D eigenvalue weighted by Gasteiger charge is -2.08. The van der Waals surface area contributed by atoms with Crippen molar-refractivity contribution < 1.29 is 21.6 Å². The summed E-state index contributed by atoms with van der Waals surface area (Å²) in [6.07, 6.45) is -4.63. The van der Waals surface area contributed by atoms with Gasteiger partial charge in [0, 0.05) is 0 Å². The fourth-order valence-electron chi connectivity index (χ4n) is 1.98. The van der Waals surface area contributed by atoms with Crippen molar-refractivity contribution in [2.45, 2.75) is 11.1 Å². The Morgan fingerprint density at radius 2 is 1.92 bits per heavy atom. The van der Waals surface area contributed by atoms with Gasteiger partial charge in [-0.15, -0.1) is 11.3 Å². The molecule has 0 unspecified atom stereocenters. The van der Waals surface area contributed by atoms with Gasteiger partial charge in [-0.25, -0.2) is 13.4 Å². The van der Waals surface area contributed by atoms with Gasteiger partial charge in [0.1, 0.15) is 13.6 Å².